The van der Waals surface area contributed by atoms with Crippen molar-refractivity contribution in [2.45, 2.75) is 59.1 Å². The molecule has 0 aliphatic rings. The fourth-order valence-electron chi connectivity index (χ4n) is 1.85. The molecule has 7 heteroatoms. The number of rotatable bonds is 4. The van der Waals surface area contributed by atoms with E-state index in [1.165, 1.54) is 11.3 Å². The number of aromatic nitrogens is 3. The van der Waals surface area contributed by atoms with Gasteiger partial charge in [-0.05, 0) is 20.8 Å². The molecular weight excluding hydrogens is 300 g/mol. The Morgan fingerprint density at radius 3 is 2.50 bits per heavy atom. The molecule has 1 atom stereocenters. The molecule has 0 aliphatic heterocycles. The standard InChI is InChI=1S/C15H24N4O2S/c1-9(2)21-12(20)10(3)18(7)14-17-19-8-11(15(4,5)6)16-13(19)22-14/h8-10H,1-7H3. The summed E-state index contributed by atoms with van der Waals surface area (Å²) in [6.07, 6.45) is 1.83. The highest BCUT2D eigenvalue weighted by atomic mass is 32.1. The summed E-state index contributed by atoms with van der Waals surface area (Å²) in [6.45, 7) is 11.9. The summed E-state index contributed by atoms with van der Waals surface area (Å²) in [6, 6.07) is -0.389. The van der Waals surface area contributed by atoms with Gasteiger partial charge in [0.15, 0.2) is 0 Å². The number of esters is 1. The molecule has 0 saturated heterocycles. The molecule has 0 amide bonds. The fraction of sp³-hybridized carbons (Fsp3) is 0.667. The van der Waals surface area contributed by atoms with Gasteiger partial charge in [0.25, 0.3) is 0 Å². The molecule has 0 aromatic carbocycles. The topological polar surface area (TPSA) is 59.7 Å². The molecule has 22 heavy (non-hydrogen) atoms. The van der Waals surface area contributed by atoms with Crippen LogP contribution in [-0.2, 0) is 14.9 Å². The third-order valence-corrected chi connectivity index (χ3v) is 4.39. The molecule has 1 unspecified atom stereocenters. The molecule has 122 valence electrons. The molecule has 2 rings (SSSR count). The maximum atomic E-state index is 12.0. The zero-order chi connectivity index (χ0) is 16.7. The van der Waals surface area contributed by atoms with Crippen LogP contribution in [0, 0.1) is 0 Å². The van der Waals surface area contributed by atoms with Gasteiger partial charge in [0.1, 0.15) is 6.04 Å². The normalized spacial score (nSPS) is 13.6. The lowest BCUT2D eigenvalue weighted by Gasteiger charge is -2.23. The number of hydrogen-bond acceptors (Lipinski definition) is 6. The second-order valence-electron chi connectivity index (χ2n) is 6.76. The fourth-order valence-corrected chi connectivity index (χ4v) is 2.77. The van der Waals surface area contributed by atoms with Gasteiger partial charge in [0, 0.05) is 12.5 Å². The number of likely N-dealkylation sites (N-methyl/N-ethyl adjacent to an activating group) is 1. The van der Waals surface area contributed by atoms with E-state index in [9.17, 15) is 4.79 Å². The van der Waals surface area contributed by atoms with Crippen LogP contribution in [0.1, 0.15) is 47.2 Å². The average molecular weight is 324 g/mol. The summed E-state index contributed by atoms with van der Waals surface area (Å²) in [7, 11) is 1.84. The zero-order valence-corrected chi connectivity index (χ0v) is 15.1. The molecule has 0 bridgehead atoms. The van der Waals surface area contributed by atoms with E-state index < -0.39 is 0 Å². The van der Waals surface area contributed by atoms with Crippen molar-refractivity contribution in [2.24, 2.45) is 0 Å². The van der Waals surface area contributed by atoms with Crippen molar-refractivity contribution in [3.8, 4) is 0 Å². The second-order valence-corrected chi connectivity index (χ2v) is 7.69. The molecule has 0 spiro atoms. The number of nitrogens with zero attached hydrogens (tertiary/aromatic N) is 4. The van der Waals surface area contributed by atoms with Gasteiger partial charge in [-0.15, -0.1) is 5.10 Å². The highest BCUT2D eigenvalue weighted by Crippen LogP contribution is 2.27. The van der Waals surface area contributed by atoms with Gasteiger partial charge in [0.2, 0.25) is 10.1 Å². The maximum absolute atomic E-state index is 12.0. The number of ether oxygens (including phenoxy) is 1. The van der Waals surface area contributed by atoms with E-state index in [1.807, 2.05) is 38.9 Å². The van der Waals surface area contributed by atoms with Crippen molar-refractivity contribution in [1.82, 2.24) is 14.6 Å². The van der Waals surface area contributed by atoms with Crippen LogP contribution in [0.15, 0.2) is 6.20 Å². The number of hydrogen-bond donors (Lipinski definition) is 0. The molecule has 0 N–H and O–H groups in total. The van der Waals surface area contributed by atoms with Gasteiger partial charge in [-0.1, -0.05) is 32.1 Å². The summed E-state index contributed by atoms with van der Waals surface area (Å²) in [5.74, 6) is -0.249. The van der Waals surface area contributed by atoms with Crippen molar-refractivity contribution < 1.29 is 9.53 Å². The van der Waals surface area contributed by atoms with Crippen LogP contribution in [0.5, 0.6) is 0 Å². The molecule has 0 fully saturated rings. The molecular formula is C15H24N4O2S. The molecule has 0 radical (unpaired) electrons. The minimum Gasteiger partial charge on any atom is -0.461 e. The lowest BCUT2D eigenvalue weighted by Crippen LogP contribution is -2.38. The van der Waals surface area contributed by atoms with E-state index in [-0.39, 0.29) is 23.5 Å². The van der Waals surface area contributed by atoms with Crippen LogP contribution in [0.3, 0.4) is 0 Å². The van der Waals surface area contributed by atoms with Crippen LogP contribution in [0.25, 0.3) is 4.96 Å². The number of carbonyl (C=O) groups excluding carboxylic acids is 1. The smallest absolute Gasteiger partial charge is 0.328 e. The average Bonchev–Trinajstić information content (AvgIpc) is 2.93. The molecule has 6 nitrogen and oxygen atoms in total. The summed E-state index contributed by atoms with van der Waals surface area (Å²) >= 11 is 1.47. The SMILES string of the molecule is CC(C)OC(=O)C(C)N(C)c1nn2cc(C(C)(C)C)nc2s1. The Balaban J connectivity index is 2.20. The number of fused-ring (bicyclic) bond motifs is 1. The van der Waals surface area contributed by atoms with Gasteiger partial charge in [-0.2, -0.15) is 0 Å². The van der Waals surface area contributed by atoms with Crippen molar-refractivity contribution in [3.63, 3.8) is 0 Å². The van der Waals surface area contributed by atoms with Crippen molar-refractivity contribution in [3.05, 3.63) is 11.9 Å². The highest BCUT2D eigenvalue weighted by Gasteiger charge is 2.25. The summed E-state index contributed by atoms with van der Waals surface area (Å²) < 4.78 is 7.02. The Labute approximate surface area is 135 Å². The van der Waals surface area contributed by atoms with Crippen LogP contribution >= 0.6 is 11.3 Å². The van der Waals surface area contributed by atoms with Crippen LogP contribution in [0.2, 0.25) is 0 Å². The van der Waals surface area contributed by atoms with Crippen molar-refractivity contribution >= 4 is 27.4 Å². The lowest BCUT2D eigenvalue weighted by atomic mass is 9.93. The van der Waals surface area contributed by atoms with Gasteiger partial charge in [-0.3, -0.25) is 0 Å². The summed E-state index contributed by atoms with van der Waals surface area (Å²) in [4.78, 5) is 19.3. The van der Waals surface area contributed by atoms with Crippen LogP contribution in [0.4, 0.5) is 5.13 Å². The first-order chi connectivity index (χ1) is 10.1. The Bertz CT molecular complexity index is 637. The van der Waals surface area contributed by atoms with Gasteiger partial charge in [0.05, 0.1) is 18.0 Å². The molecule has 0 saturated carbocycles. The zero-order valence-electron chi connectivity index (χ0n) is 14.2. The Kier molecular flexibility index (Phi) is 4.47. The van der Waals surface area contributed by atoms with E-state index in [0.717, 1.165) is 15.8 Å². The van der Waals surface area contributed by atoms with E-state index in [2.05, 4.69) is 30.9 Å². The highest BCUT2D eigenvalue weighted by molar-refractivity contribution is 7.20. The van der Waals surface area contributed by atoms with Gasteiger partial charge >= 0.3 is 5.97 Å². The first-order valence-electron chi connectivity index (χ1n) is 7.39. The van der Waals surface area contributed by atoms with Crippen LogP contribution in [-0.4, -0.2) is 39.8 Å². The molecule has 2 heterocycles. The molecule has 2 aromatic rings. The minimum atomic E-state index is -0.389. The quantitative estimate of drug-likeness (QED) is 0.809. The van der Waals surface area contributed by atoms with Gasteiger partial charge in [-0.25, -0.2) is 14.3 Å². The monoisotopic (exact) mass is 324 g/mol. The summed E-state index contributed by atoms with van der Waals surface area (Å²) in [5, 5.41) is 5.27. The third-order valence-electron chi connectivity index (χ3n) is 3.38. The number of imidazole rings is 1. The number of anilines is 1. The minimum absolute atomic E-state index is 0.00610. The van der Waals surface area contributed by atoms with E-state index in [1.54, 1.807) is 4.52 Å². The first kappa shape index (κ1) is 16.7. The Hall–Kier alpha value is -1.63. The second kappa shape index (κ2) is 5.87. The predicted molar refractivity (Wildman–Crippen MR) is 88.7 cm³/mol. The molecule has 0 aliphatic carbocycles. The first-order valence-corrected chi connectivity index (χ1v) is 8.21. The Morgan fingerprint density at radius 2 is 2.00 bits per heavy atom. The molecule has 2 aromatic heterocycles. The predicted octanol–water partition coefficient (Wildman–Crippen LogP) is 2.86. The summed E-state index contributed by atoms with van der Waals surface area (Å²) in [5.41, 5.74) is 1.00. The van der Waals surface area contributed by atoms with E-state index >= 15 is 0 Å². The van der Waals surface area contributed by atoms with Crippen molar-refractivity contribution in [2.75, 3.05) is 11.9 Å². The van der Waals surface area contributed by atoms with E-state index in [0.29, 0.717) is 0 Å². The van der Waals surface area contributed by atoms with Gasteiger partial charge < -0.3 is 9.64 Å². The lowest BCUT2D eigenvalue weighted by molar-refractivity contribution is -0.148. The largest absolute Gasteiger partial charge is 0.461 e. The third kappa shape index (κ3) is 3.40. The van der Waals surface area contributed by atoms with Crippen LogP contribution < -0.4 is 4.90 Å². The number of carbonyl (C=O) groups is 1. The van der Waals surface area contributed by atoms with E-state index in [4.69, 9.17) is 4.74 Å². The van der Waals surface area contributed by atoms with Crippen molar-refractivity contribution in [1.29, 1.82) is 0 Å². The maximum Gasteiger partial charge on any atom is 0.328 e. The Morgan fingerprint density at radius 1 is 1.36 bits per heavy atom.